The van der Waals surface area contributed by atoms with Crippen LogP contribution in [0.1, 0.15) is 18.1 Å². The highest BCUT2D eigenvalue weighted by Gasteiger charge is 2.06. The van der Waals surface area contributed by atoms with Crippen molar-refractivity contribution in [2.75, 3.05) is 6.61 Å². The van der Waals surface area contributed by atoms with E-state index >= 15 is 0 Å². The van der Waals surface area contributed by atoms with Crippen molar-refractivity contribution < 1.29 is 9.53 Å². The Hall–Kier alpha value is -2.33. The van der Waals surface area contributed by atoms with Gasteiger partial charge in [-0.1, -0.05) is 48.0 Å². The average Bonchev–Trinajstić information content (AvgIpc) is 2.52. The van der Waals surface area contributed by atoms with Gasteiger partial charge >= 0.3 is 0 Å². The van der Waals surface area contributed by atoms with Crippen LogP contribution in [0.5, 0.6) is 5.75 Å². The van der Waals surface area contributed by atoms with Crippen molar-refractivity contribution in [3.8, 4) is 5.75 Å². The fourth-order valence-electron chi connectivity index (χ4n) is 1.92. The van der Waals surface area contributed by atoms with E-state index in [-0.39, 0.29) is 12.5 Å². The molecule has 2 aromatic carbocycles. The molecule has 4 nitrogen and oxygen atoms in total. The first kappa shape index (κ1) is 16.0. The van der Waals surface area contributed by atoms with Crippen LogP contribution in [-0.4, -0.2) is 18.2 Å². The Morgan fingerprint density at radius 3 is 2.59 bits per heavy atom. The summed E-state index contributed by atoms with van der Waals surface area (Å²) in [6, 6.07) is 14.8. The Labute approximate surface area is 134 Å². The molecule has 0 aliphatic rings. The first-order valence-electron chi connectivity index (χ1n) is 6.84. The predicted octanol–water partition coefficient (Wildman–Crippen LogP) is 3.57. The maximum atomic E-state index is 11.8. The summed E-state index contributed by atoms with van der Waals surface area (Å²) in [6.07, 6.45) is 0. The first-order chi connectivity index (χ1) is 10.6. The minimum atomic E-state index is -0.340. The third-order valence-corrected chi connectivity index (χ3v) is 3.39. The van der Waals surface area contributed by atoms with E-state index in [0.29, 0.717) is 10.8 Å². The van der Waals surface area contributed by atoms with Crippen LogP contribution in [0.4, 0.5) is 0 Å². The number of amides is 1. The Morgan fingerprint density at radius 2 is 1.86 bits per heavy atom. The normalized spacial score (nSPS) is 11.1. The molecule has 0 atom stereocenters. The number of hydrogen-bond acceptors (Lipinski definition) is 3. The highest BCUT2D eigenvalue weighted by molar-refractivity contribution is 6.32. The van der Waals surface area contributed by atoms with Gasteiger partial charge in [-0.3, -0.25) is 4.79 Å². The van der Waals surface area contributed by atoms with Gasteiger partial charge in [-0.15, -0.1) is 0 Å². The molecule has 0 spiro atoms. The monoisotopic (exact) mass is 316 g/mol. The van der Waals surface area contributed by atoms with Gasteiger partial charge in [-0.05, 0) is 31.5 Å². The number of carbonyl (C=O) groups is 1. The summed E-state index contributed by atoms with van der Waals surface area (Å²) >= 11 is 5.95. The van der Waals surface area contributed by atoms with Crippen LogP contribution in [0.15, 0.2) is 53.6 Å². The van der Waals surface area contributed by atoms with Gasteiger partial charge < -0.3 is 4.74 Å². The first-order valence-corrected chi connectivity index (χ1v) is 7.22. The van der Waals surface area contributed by atoms with Crippen molar-refractivity contribution in [3.05, 3.63) is 64.7 Å². The zero-order chi connectivity index (χ0) is 15.9. The van der Waals surface area contributed by atoms with Gasteiger partial charge in [0.1, 0.15) is 5.75 Å². The smallest absolute Gasteiger partial charge is 0.277 e. The second kappa shape index (κ2) is 7.61. The Balaban J connectivity index is 1.91. The topological polar surface area (TPSA) is 50.7 Å². The number of carbonyl (C=O) groups excluding carboxylic acids is 1. The summed E-state index contributed by atoms with van der Waals surface area (Å²) in [5, 5.41) is 4.56. The van der Waals surface area contributed by atoms with Crippen LogP contribution in [0.25, 0.3) is 0 Å². The lowest BCUT2D eigenvalue weighted by atomic mass is 10.1. The van der Waals surface area contributed by atoms with Gasteiger partial charge in [0.05, 0.1) is 10.7 Å². The lowest BCUT2D eigenvalue weighted by Gasteiger charge is -2.08. The quantitative estimate of drug-likeness (QED) is 0.677. The Kier molecular flexibility index (Phi) is 5.55. The van der Waals surface area contributed by atoms with Crippen LogP contribution in [0, 0.1) is 6.92 Å². The number of para-hydroxylation sites is 1. The minimum absolute atomic E-state index is 0.145. The Morgan fingerprint density at radius 1 is 1.18 bits per heavy atom. The summed E-state index contributed by atoms with van der Waals surface area (Å²) < 4.78 is 5.35. The van der Waals surface area contributed by atoms with Crippen LogP contribution in [0.2, 0.25) is 5.02 Å². The molecule has 0 bridgehead atoms. The van der Waals surface area contributed by atoms with Crippen molar-refractivity contribution in [1.29, 1.82) is 0 Å². The fraction of sp³-hybridized carbons (Fsp3) is 0.176. The zero-order valence-corrected chi connectivity index (χ0v) is 13.2. The number of aryl methyl sites for hydroxylation is 1. The molecular weight excluding hydrogens is 300 g/mol. The molecule has 0 radical (unpaired) electrons. The molecule has 22 heavy (non-hydrogen) atoms. The van der Waals surface area contributed by atoms with E-state index in [9.17, 15) is 4.79 Å². The molecule has 1 N–H and O–H groups in total. The average molecular weight is 317 g/mol. The third-order valence-electron chi connectivity index (χ3n) is 3.08. The van der Waals surface area contributed by atoms with Gasteiger partial charge in [0, 0.05) is 5.56 Å². The molecule has 5 heteroatoms. The number of benzene rings is 2. The highest BCUT2D eigenvalue weighted by Crippen LogP contribution is 2.22. The number of nitrogens with zero attached hydrogens (tertiary/aromatic N) is 1. The molecular formula is C17H17ClN2O2. The van der Waals surface area contributed by atoms with Crippen molar-refractivity contribution in [2.24, 2.45) is 5.10 Å². The zero-order valence-electron chi connectivity index (χ0n) is 12.5. The standard InChI is InChI=1S/C17H17ClN2O2/c1-12-7-3-4-8-14(12)13(2)19-20-17(21)11-22-16-10-6-5-9-15(16)18/h3-10H,11H2,1-2H3,(H,20,21)/b19-13-. The van der Waals surface area contributed by atoms with Crippen molar-refractivity contribution in [3.63, 3.8) is 0 Å². The van der Waals surface area contributed by atoms with Crippen molar-refractivity contribution >= 4 is 23.2 Å². The fourth-order valence-corrected chi connectivity index (χ4v) is 2.11. The number of halogens is 1. The summed E-state index contributed by atoms with van der Waals surface area (Å²) in [4.78, 5) is 11.8. The summed E-state index contributed by atoms with van der Waals surface area (Å²) in [5.41, 5.74) is 5.32. The van der Waals surface area contributed by atoms with E-state index in [1.165, 1.54) is 0 Å². The molecule has 0 saturated carbocycles. The molecule has 2 rings (SSSR count). The number of rotatable bonds is 5. The lowest BCUT2D eigenvalue weighted by molar-refractivity contribution is -0.123. The number of hydrazone groups is 1. The molecule has 0 heterocycles. The number of nitrogens with one attached hydrogen (secondary N) is 1. The molecule has 2 aromatic rings. The number of hydrogen-bond donors (Lipinski definition) is 1. The largest absolute Gasteiger partial charge is 0.482 e. The van der Waals surface area contributed by atoms with Gasteiger partial charge in [0.25, 0.3) is 5.91 Å². The predicted molar refractivity (Wildman–Crippen MR) is 88.5 cm³/mol. The maximum absolute atomic E-state index is 11.8. The van der Waals surface area contributed by atoms with Crippen LogP contribution in [-0.2, 0) is 4.79 Å². The van der Waals surface area contributed by atoms with Gasteiger partial charge in [0.2, 0.25) is 0 Å². The van der Waals surface area contributed by atoms with E-state index in [1.807, 2.05) is 38.1 Å². The molecule has 1 amide bonds. The highest BCUT2D eigenvalue weighted by atomic mass is 35.5. The second-order valence-electron chi connectivity index (χ2n) is 4.77. The van der Waals surface area contributed by atoms with Crippen molar-refractivity contribution in [1.82, 2.24) is 5.43 Å². The minimum Gasteiger partial charge on any atom is -0.482 e. The van der Waals surface area contributed by atoms with Gasteiger partial charge in [0.15, 0.2) is 6.61 Å². The molecule has 114 valence electrons. The van der Waals surface area contributed by atoms with Crippen LogP contribution in [0.3, 0.4) is 0 Å². The Bertz CT molecular complexity index is 699. The van der Waals surface area contributed by atoms with E-state index in [1.54, 1.807) is 24.3 Å². The van der Waals surface area contributed by atoms with Gasteiger partial charge in [-0.25, -0.2) is 5.43 Å². The number of ether oxygens (including phenoxy) is 1. The van der Waals surface area contributed by atoms with Crippen LogP contribution < -0.4 is 10.2 Å². The van der Waals surface area contributed by atoms with E-state index in [2.05, 4.69) is 10.5 Å². The second-order valence-corrected chi connectivity index (χ2v) is 5.17. The van der Waals surface area contributed by atoms with Gasteiger partial charge in [-0.2, -0.15) is 5.10 Å². The molecule has 0 aliphatic heterocycles. The van der Waals surface area contributed by atoms with E-state index in [0.717, 1.165) is 16.8 Å². The molecule has 0 fully saturated rings. The third kappa shape index (κ3) is 4.33. The van der Waals surface area contributed by atoms with E-state index < -0.39 is 0 Å². The van der Waals surface area contributed by atoms with Crippen LogP contribution >= 0.6 is 11.6 Å². The molecule has 0 aromatic heterocycles. The van der Waals surface area contributed by atoms with E-state index in [4.69, 9.17) is 16.3 Å². The lowest BCUT2D eigenvalue weighted by Crippen LogP contribution is -2.25. The summed E-state index contributed by atoms with van der Waals surface area (Å²) in [5.74, 6) is 0.131. The van der Waals surface area contributed by atoms with Crippen molar-refractivity contribution in [2.45, 2.75) is 13.8 Å². The molecule has 0 saturated heterocycles. The SMILES string of the molecule is C/C(=N/NC(=O)COc1ccccc1Cl)c1ccccc1C. The summed E-state index contributed by atoms with van der Waals surface area (Å²) in [7, 11) is 0. The maximum Gasteiger partial charge on any atom is 0.277 e. The molecule has 0 aliphatic carbocycles. The molecule has 0 unspecified atom stereocenters. The summed E-state index contributed by atoms with van der Waals surface area (Å²) in [6.45, 7) is 3.70.